The summed E-state index contributed by atoms with van der Waals surface area (Å²) in [6, 6.07) is 20.1. The Morgan fingerprint density at radius 3 is 2.35 bits per heavy atom. The van der Waals surface area contributed by atoms with E-state index in [0.717, 1.165) is 11.1 Å². The molecule has 1 heterocycles. The molecule has 0 fully saturated rings. The van der Waals surface area contributed by atoms with E-state index < -0.39 is 10.0 Å². The number of rotatable bonds is 10. The summed E-state index contributed by atoms with van der Waals surface area (Å²) < 4.78 is 39.2. The molecule has 0 saturated carbocycles. The Hall–Kier alpha value is -4.41. The Morgan fingerprint density at radius 2 is 1.68 bits per heavy atom. The fraction of sp³-hybridized carbons (Fsp3) is 0.138. The summed E-state index contributed by atoms with van der Waals surface area (Å²) in [5.74, 6) is 1.34. The van der Waals surface area contributed by atoms with Crippen LogP contribution in [-0.4, -0.2) is 31.4 Å². The van der Waals surface area contributed by atoms with Crippen LogP contribution in [0, 0.1) is 13.8 Å². The number of ether oxygens (including phenoxy) is 2. The van der Waals surface area contributed by atoms with Crippen molar-refractivity contribution in [2.75, 3.05) is 17.1 Å². The molecule has 1 amide bonds. The number of sulfonamides is 1. The van der Waals surface area contributed by atoms with Gasteiger partial charge in [0.25, 0.3) is 10.0 Å². The van der Waals surface area contributed by atoms with Gasteiger partial charge in [0.2, 0.25) is 5.91 Å². The molecule has 9 nitrogen and oxygen atoms in total. The van der Waals surface area contributed by atoms with Gasteiger partial charge in [0, 0.05) is 28.5 Å². The molecule has 11 heteroatoms. The summed E-state index contributed by atoms with van der Waals surface area (Å²) in [5, 5.41) is 3.37. The van der Waals surface area contributed by atoms with E-state index in [2.05, 4.69) is 20.0 Å². The number of nitrogens with zero attached hydrogens (tertiary/aromatic N) is 2. The minimum Gasteiger partial charge on any atom is -0.493 e. The highest BCUT2D eigenvalue weighted by Gasteiger charge is 2.16. The number of halogens is 1. The molecular weight excluding hydrogens is 552 g/mol. The molecule has 0 aliphatic heterocycles. The maximum Gasteiger partial charge on any atom is 0.263 e. The van der Waals surface area contributed by atoms with E-state index in [4.69, 9.17) is 21.1 Å². The molecule has 0 radical (unpaired) electrons. The van der Waals surface area contributed by atoms with Crippen LogP contribution in [0.4, 0.5) is 11.5 Å². The van der Waals surface area contributed by atoms with Crippen LogP contribution in [0.15, 0.2) is 83.8 Å². The van der Waals surface area contributed by atoms with Gasteiger partial charge in [-0.25, -0.2) is 18.4 Å². The lowest BCUT2D eigenvalue weighted by Gasteiger charge is -2.11. The number of hydrogen-bond acceptors (Lipinski definition) is 7. The Balaban J connectivity index is 1.35. The predicted octanol–water partition coefficient (Wildman–Crippen LogP) is 5.79. The van der Waals surface area contributed by atoms with Crippen LogP contribution in [0.5, 0.6) is 11.5 Å². The summed E-state index contributed by atoms with van der Waals surface area (Å²) in [5.41, 5.74) is 2.78. The van der Waals surface area contributed by atoms with Crippen LogP contribution in [0.2, 0.25) is 5.02 Å². The lowest BCUT2D eigenvalue weighted by Crippen LogP contribution is -2.15. The Kier molecular flexibility index (Phi) is 9.03. The molecule has 0 aliphatic rings. The zero-order valence-electron chi connectivity index (χ0n) is 22.0. The van der Waals surface area contributed by atoms with E-state index >= 15 is 0 Å². The molecule has 0 aliphatic carbocycles. The van der Waals surface area contributed by atoms with Crippen molar-refractivity contribution < 1.29 is 22.7 Å². The standard InChI is InChI=1S/C29H27ClN4O5S/c1-19-16-28(32-20(2)31-19)34-40(36,37)25-12-10-24(11-13-25)33-29(35)15-7-21-6-14-26(27(17-21)38-3)39-18-22-4-8-23(30)9-5-22/h4-17H,18H2,1-3H3,(H,33,35)(H,31,32,34)/b15-7+. The van der Waals surface area contributed by atoms with E-state index in [1.54, 1.807) is 63.4 Å². The van der Waals surface area contributed by atoms with Crippen molar-refractivity contribution in [1.82, 2.24) is 9.97 Å². The van der Waals surface area contributed by atoms with Crippen LogP contribution >= 0.6 is 11.6 Å². The molecule has 0 saturated heterocycles. The van der Waals surface area contributed by atoms with Gasteiger partial charge in [-0.05, 0) is 79.6 Å². The van der Waals surface area contributed by atoms with Gasteiger partial charge in [-0.3, -0.25) is 9.52 Å². The number of carbonyl (C=O) groups is 1. The van der Waals surface area contributed by atoms with Gasteiger partial charge in [0.05, 0.1) is 12.0 Å². The summed E-state index contributed by atoms with van der Waals surface area (Å²) in [4.78, 5) is 20.7. The van der Waals surface area contributed by atoms with Gasteiger partial charge in [0.1, 0.15) is 18.2 Å². The number of anilines is 2. The fourth-order valence-corrected chi connectivity index (χ4v) is 4.81. The molecule has 3 aromatic carbocycles. The van der Waals surface area contributed by atoms with Crippen molar-refractivity contribution in [2.24, 2.45) is 0 Å². The van der Waals surface area contributed by atoms with Gasteiger partial charge in [-0.2, -0.15) is 0 Å². The van der Waals surface area contributed by atoms with E-state index in [0.29, 0.717) is 40.3 Å². The second-order valence-corrected chi connectivity index (χ2v) is 10.8. The molecule has 40 heavy (non-hydrogen) atoms. The molecule has 0 bridgehead atoms. The third-order valence-corrected chi connectivity index (χ3v) is 7.18. The quantitative estimate of drug-likeness (QED) is 0.229. The molecule has 4 rings (SSSR count). The zero-order valence-corrected chi connectivity index (χ0v) is 23.6. The first-order valence-corrected chi connectivity index (χ1v) is 14.0. The third kappa shape index (κ3) is 7.81. The number of carbonyl (C=O) groups excluding carboxylic acids is 1. The lowest BCUT2D eigenvalue weighted by atomic mass is 10.2. The fourth-order valence-electron chi connectivity index (χ4n) is 3.69. The van der Waals surface area contributed by atoms with Crippen LogP contribution in [0.25, 0.3) is 6.08 Å². The Morgan fingerprint density at radius 1 is 0.950 bits per heavy atom. The lowest BCUT2D eigenvalue weighted by molar-refractivity contribution is -0.111. The number of aryl methyl sites for hydroxylation is 2. The van der Waals surface area contributed by atoms with E-state index in [9.17, 15) is 13.2 Å². The Bertz CT molecular complexity index is 1620. The smallest absolute Gasteiger partial charge is 0.263 e. The maximum atomic E-state index is 12.7. The van der Waals surface area contributed by atoms with Crippen molar-refractivity contribution in [3.8, 4) is 11.5 Å². The first-order chi connectivity index (χ1) is 19.1. The molecule has 0 spiro atoms. The summed E-state index contributed by atoms with van der Waals surface area (Å²) in [7, 11) is -2.32. The van der Waals surface area contributed by atoms with E-state index in [-0.39, 0.29) is 16.6 Å². The summed E-state index contributed by atoms with van der Waals surface area (Å²) in [6.07, 6.45) is 3.00. The largest absolute Gasteiger partial charge is 0.493 e. The second kappa shape index (κ2) is 12.6. The molecule has 2 N–H and O–H groups in total. The maximum absolute atomic E-state index is 12.7. The second-order valence-electron chi connectivity index (χ2n) is 8.72. The first kappa shape index (κ1) is 28.6. The van der Waals surface area contributed by atoms with Crippen molar-refractivity contribution in [1.29, 1.82) is 0 Å². The van der Waals surface area contributed by atoms with Gasteiger partial charge < -0.3 is 14.8 Å². The van der Waals surface area contributed by atoms with Gasteiger partial charge in [-0.1, -0.05) is 29.8 Å². The highest BCUT2D eigenvalue weighted by atomic mass is 35.5. The Labute approximate surface area is 237 Å². The van der Waals surface area contributed by atoms with Crippen molar-refractivity contribution >= 4 is 45.1 Å². The number of amides is 1. The molecule has 0 atom stereocenters. The molecule has 0 unspecified atom stereocenters. The highest BCUT2D eigenvalue weighted by Crippen LogP contribution is 2.29. The SMILES string of the molecule is COc1cc(/C=C/C(=O)Nc2ccc(S(=O)(=O)Nc3cc(C)nc(C)n3)cc2)ccc1OCc1ccc(Cl)cc1. The number of nitrogens with one attached hydrogen (secondary N) is 2. The third-order valence-electron chi connectivity index (χ3n) is 5.56. The minimum absolute atomic E-state index is 0.0282. The van der Waals surface area contributed by atoms with Crippen molar-refractivity contribution in [3.63, 3.8) is 0 Å². The molecular formula is C29H27ClN4O5S. The zero-order chi connectivity index (χ0) is 28.7. The monoisotopic (exact) mass is 578 g/mol. The summed E-state index contributed by atoms with van der Waals surface area (Å²) >= 11 is 5.92. The molecule has 206 valence electrons. The van der Waals surface area contributed by atoms with Crippen LogP contribution in [-0.2, 0) is 21.4 Å². The molecule has 1 aromatic heterocycles. The predicted molar refractivity (Wildman–Crippen MR) is 155 cm³/mol. The average Bonchev–Trinajstić information content (AvgIpc) is 2.91. The van der Waals surface area contributed by atoms with Gasteiger partial charge >= 0.3 is 0 Å². The number of benzene rings is 3. The van der Waals surface area contributed by atoms with Crippen molar-refractivity contribution in [3.05, 3.63) is 107 Å². The van der Waals surface area contributed by atoms with E-state index in [1.807, 2.05) is 12.1 Å². The van der Waals surface area contributed by atoms with Crippen LogP contribution in [0.3, 0.4) is 0 Å². The summed E-state index contributed by atoms with van der Waals surface area (Å²) in [6.45, 7) is 3.78. The normalized spacial score (nSPS) is 11.3. The van der Waals surface area contributed by atoms with Crippen LogP contribution in [0.1, 0.15) is 22.6 Å². The van der Waals surface area contributed by atoms with Crippen molar-refractivity contribution in [2.45, 2.75) is 25.3 Å². The minimum atomic E-state index is -3.86. The molecule has 4 aromatic rings. The van der Waals surface area contributed by atoms with Crippen LogP contribution < -0.4 is 19.5 Å². The average molecular weight is 579 g/mol. The van der Waals surface area contributed by atoms with E-state index in [1.165, 1.54) is 30.3 Å². The number of methoxy groups -OCH3 is 1. The highest BCUT2D eigenvalue weighted by molar-refractivity contribution is 7.92. The topological polar surface area (TPSA) is 120 Å². The van der Waals surface area contributed by atoms with Gasteiger partial charge in [-0.15, -0.1) is 0 Å². The number of hydrogen-bond donors (Lipinski definition) is 2. The van der Waals surface area contributed by atoms with Gasteiger partial charge in [0.15, 0.2) is 11.5 Å². The first-order valence-electron chi connectivity index (χ1n) is 12.1. The number of aromatic nitrogens is 2.